The van der Waals surface area contributed by atoms with Gasteiger partial charge in [0.05, 0.1) is 16.9 Å². The van der Waals surface area contributed by atoms with Gasteiger partial charge in [0, 0.05) is 4.88 Å². The zero-order valence-electron chi connectivity index (χ0n) is 11.8. The van der Waals surface area contributed by atoms with E-state index in [2.05, 4.69) is 0 Å². The van der Waals surface area contributed by atoms with Gasteiger partial charge in [0.15, 0.2) is 15.6 Å². The molecule has 0 unspecified atom stereocenters. The summed E-state index contributed by atoms with van der Waals surface area (Å²) >= 11 is 1.35. The predicted octanol–water partition coefficient (Wildman–Crippen LogP) is 2.98. The molecule has 6 heteroatoms. The van der Waals surface area contributed by atoms with E-state index >= 15 is 0 Å². The summed E-state index contributed by atoms with van der Waals surface area (Å²) < 4.78 is 29.5. The highest BCUT2D eigenvalue weighted by Gasteiger charge is 2.21. The van der Waals surface area contributed by atoms with Gasteiger partial charge >= 0.3 is 0 Å². The molecule has 0 aliphatic rings. The van der Waals surface area contributed by atoms with Crippen molar-refractivity contribution in [3.63, 3.8) is 0 Å². The van der Waals surface area contributed by atoms with Crippen LogP contribution in [0.3, 0.4) is 0 Å². The molecule has 0 amide bonds. The summed E-state index contributed by atoms with van der Waals surface area (Å²) in [6.07, 6.45) is 0.836. The molecule has 0 fully saturated rings. The molecule has 4 nitrogen and oxygen atoms in total. The quantitative estimate of drug-likeness (QED) is 0.767. The summed E-state index contributed by atoms with van der Waals surface area (Å²) in [6.45, 7) is 1.99. The molecule has 1 aromatic carbocycles. The monoisotopic (exact) mass is 324 g/mol. The van der Waals surface area contributed by atoms with Crippen LogP contribution < -0.4 is 4.74 Å². The van der Waals surface area contributed by atoms with Crippen LogP contribution in [0.5, 0.6) is 5.75 Å². The maximum Gasteiger partial charge on any atom is 0.188 e. The first-order valence-electron chi connectivity index (χ1n) is 6.45. The van der Waals surface area contributed by atoms with Gasteiger partial charge in [-0.25, -0.2) is 8.42 Å². The van der Waals surface area contributed by atoms with Gasteiger partial charge in [0.2, 0.25) is 0 Å². The van der Waals surface area contributed by atoms with E-state index in [1.54, 1.807) is 18.2 Å². The van der Waals surface area contributed by atoms with Crippen LogP contribution >= 0.6 is 11.3 Å². The van der Waals surface area contributed by atoms with Gasteiger partial charge in [-0.2, -0.15) is 0 Å². The van der Waals surface area contributed by atoms with Crippen LogP contribution in [0, 0.1) is 0 Å². The largest absolute Gasteiger partial charge is 0.497 e. The molecule has 0 saturated carbocycles. The van der Waals surface area contributed by atoms with E-state index in [0.29, 0.717) is 10.6 Å². The second-order valence-electron chi connectivity index (χ2n) is 4.48. The van der Waals surface area contributed by atoms with E-state index in [9.17, 15) is 13.2 Å². The minimum absolute atomic E-state index is 0.129. The van der Waals surface area contributed by atoms with E-state index in [1.807, 2.05) is 13.0 Å². The third-order valence-corrected chi connectivity index (χ3v) is 5.93. The summed E-state index contributed by atoms with van der Waals surface area (Å²) in [4.78, 5) is 13.8. The molecule has 0 aliphatic carbocycles. The average Bonchev–Trinajstić information content (AvgIpc) is 2.96. The summed E-state index contributed by atoms with van der Waals surface area (Å²) in [5.74, 6) is -0.301. The van der Waals surface area contributed by atoms with Crippen LogP contribution in [-0.4, -0.2) is 27.1 Å². The fourth-order valence-corrected chi connectivity index (χ4v) is 4.02. The molecular formula is C15H16O4S2. The first-order valence-corrected chi connectivity index (χ1v) is 8.92. The maximum atomic E-state index is 12.2. The molecule has 112 valence electrons. The summed E-state index contributed by atoms with van der Waals surface area (Å²) in [7, 11) is -2.12. The van der Waals surface area contributed by atoms with Gasteiger partial charge < -0.3 is 4.74 Å². The van der Waals surface area contributed by atoms with Gasteiger partial charge in [-0.15, -0.1) is 11.3 Å². The number of benzene rings is 1. The van der Waals surface area contributed by atoms with Crippen molar-refractivity contribution in [1.82, 2.24) is 0 Å². The number of sulfone groups is 1. The molecular weight excluding hydrogens is 308 g/mol. The molecule has 0 atom stereocenters. The third-order valence-electron chi connectivity index (χ3n) is 3.02. The SMILES string of the molecule is CCc1ccc(C(=O)CS(=O)(=O)c2ccc(OC)cc2)s1. The lowest BCUT2D eigenvalue weighted by molar-refractivity contribution is 0.102. The first-order chi connectivity index (χ1) is 9.96. The van der Waals surface area contributed by atoms with Crippen molar-refractivity contribution >= 4 is 27.0 Å². The van der Waals surface area contributed by atoms with Crippen LogP contribution in [0.2, 0.25) is 0 Å². The van der Waals surface area contributed by atoms with Crippen molar-refractivity contribution < 1.29 is 17.9 Å². The molecule has 0 N–H and O–H groups in total. The Kier molecular flexibility index (Phi) is 4.80. The second-order valence-corrected chi connectivity index (χ2v) is 7.64. The van der Waals surface area contributed by atoms with Crippen LogP contribution in [0.15, 0.2) is 41.3 Å². The molecule has 1 aromatic heterocycles. The van der Waals surface area contributed by atoms with Crippen molar-refractivity contribution in [1.29, 1.82) is 0 Å². The van der Waals surface area contributed by atoms with Crippen molar-refractivity contribution in [2.24, 2.45) is 0 Å². The van der Waals surface area contributed by atoms with Crippen molar-refractivity contribution in [3.8, 4) is 5.75 Å². The fraction of sp³-hybridized carbons (Fsp3) is 0.267. The minimum Gasteiger partial charge on any atom is -0.497 e. The van der Waals surface area contributed by atoms with Gasteiger partial charge in [-0.1, -0.05) is 6.92 Å². The standard InChI is InChI=1S/C15H16O4S2/c1-3-12-6-9-15(20-12)14(16)10-21(17,18)13-7-4-11(19-2)5-8-13/h4-9H,3,10H2,1-2H3. The molecule has 1 heterocycles. The van der Waals surface area contributed by atoms with Gasteiger partial charge in [-0.05, 0) is 42.8 Å². The lowest BCUT2D eigenvalue weighted by atomic mass is 10.3. The highest BCUT2D eigenvalue weighted by molar-refractivity contribution is 7.92. The Balaban J connectivity index is 2.17. The van der Waals surface area contributed by atoms with E-state index in [-0.39, 0.29) is 10.7 Å². The summed E-state index contributed by atoms with van der Waals surface area (Å²) in [5, 5.41) is 0. The van der Waals surface area contributed by atoms with E-state index in [0.717, 1.165) is 11.3 Å². The number of carbonyl (C=O) groups excluding carboxylic acids is 1. The molecule has 21 heavy (non-hydrogen) atoms. The van der Waals surface area contributed by atoms with Crippen LogP contribution in [0.25, 0.3) is 0 Å². The van der Waals surface area contributed by atoms with Crippen LogP contribution in [0.4, 0.5) is 0 Å². The number of hydrogen-bond acceptors (Lipinski definition) is 5. The smallest absolute Gasteiger partial charge is 0.188 e. The Hall–Kier alpha value is -1.66. The third kappa shape index (κ3) is 3.71. The molecule has 0 saturated heterocycles. The van der Waals surface area contributed by atoms with Crippen LogP contribution in [0.1, 0.15) is 21.5 Å². The maximum absolute atomic E-state index is 12.2. The Labute approximate surface area is 128 Å². The lowest BCUT2D eigenvalue weighted by Crippen LogP contribution is -2.15. The molecule has 0 radical (unpaired) electrons. The predicted molar refractivity (Wildman–Crippen MR) is 83.1 cm³/mol. The highest BCUT2D eigenvalue weighted by Crippen LogP contribution is 2.21. The van der Waals surface area contributed by atoms with Gasteiger partial charge in [-0.3, -0.25) is 4.79 Å². The summed E-state index contributed by atoms with van der Waals surface area (Å²) in [6, 6.07) is 9.59. The van der Waals surface area contributed by atoms with E-state index in [1.165, 1.54) is 30.6 Å². The molecule has 0 aliphatic heterocycles. The van der Waals surface area contributed by atoms with Gasteiger partial charge in [0.25, 0.3) is 0 Å². The Morgan fingerprint density at radius 1 is 1.14 bits per heavy atom. The fourth-order valence-electron chi connectivity index (χ4n) is 1.83. The number of ether oxygens (including phenoxy) is 1. The van der Waals surface area contributed by atoms with Gasteiger partial charge in [0.1, 0.15) is 11.5 Å². The zero-order valence-corrected chi connectivity index (χ0v) is 13.5. The number of ketones is 1. The molecule has 0 bridgehead atoms. The van der Waals surface area contributed by atoms with Crippen molar-refractivity contribution in [2.75, 3.05) is 12.9 Å². The lowest BCUT2D eigenvalue weighted by Gasteiger charge is -2.04. The molecule has 0 spiro atoms. The number of methoxy groups -OCH3 is 1. The molecule has 2 aromatic rings. The van der Waals surface area contributed by atoms with Crippen molar-refractivity contribution in [2.45, 2.75) is 18.2 Å². The highest BCUT2D eigenvalue weighted by atomic mass is 32.2. The Morgan fingerprint density at radius 3 is 2.33 bits per heavy atom. The van der Waals surface area contributed by atoms with E-state index in [4.69, 9.17) is 4.74 Å². The second kappa shape index (κ2) is 6.41. The number of Topliss-reactive ketones (excluding diaryl/α,β-unsaturated/α-hetero) is 1. The summed E-state index contributed by atoms with van der Waals surface area (Å²) in [5.41, 5.74) is 0. The number of hydrogen-bond donors (Lipinski definition) is 0. The number of rotatable bonds is 6. The average molecular weight is 324 g/mol. The normalized spacial score (nSPS) is 11.3. The van der Waals surface area contributed by atoms with Crippen LogP contribution in [-0.2, 0) is 16.3 Å². The Morgan fingerprint density at radius 2 is 1.81 bits per heavy atom. The molecule has 2 rings (SSSR count). The van der Waals surface area contributed by atoms with E-state index < -0.39 is 15.6 Å². The number of thiophene rings is 1. The first kappa shape index (κ1) is 15.7. The van der Waals surface area contributed by atoms with Crippen molar-refractivity contribution in [3.05, 3.63) is 46.2 Å². The zero-order chi connectivity index (χ0) is 15.5. The number of carbonyl (C=O) groups is 1. The topological polar surface area (TPSA) is 60.4 Å². The minimum atomic E-state index is -3.63. The Bertz CT molecular complexity index is 727. The number of aryl methyl sites for hydroxylation is 1.